The molecule has 1 aromatic heterocycles. The minimum absolute atomic E-state index is 0.0854. The highest BCUT2D eigenvalue weighted by Gasteiger charge is 1.99. The van der Waals surface area contributed by atoms with Gasteiger partial charge in [0, 0.05) is 12.3 Å². The van der Waals surface area contributed by atoms with Crippen molar-refractivity contribution in [3.63, 3.8) is 0 Å². The highest BCUT2D eigenvalue weighted by molar-refractivity contribution is 7.78. The normalized spacial score (nSPS) is 10.5. The van der Waals surface area contributed by atoms with Gasteiger partial charge in [-0.25, -0.2) is 0 Å². The molecule has 0 fully saturated rings. The molecule has 0 aliphatic carbocycles. The average molecular weight is 169 g/mol. The van der Waals surface area contributed by atoms with Crippen LogP contribution in [0.4, 0.5) is 0 Å². The molecule has 0 bridgehead atoms. The predicted molar refractivity (Wildman–Crippen MR) is 49.2 cm³/mol. The number of pyridine rings is 1. The molecule has 11 heavy (non-hydrogen) atoms. The van der Waals surface area contributed by atoms with Gasteiger partial charge in [-0.05, 0) is 11.5 Å². The molecule has 0 spiro atoms. The van der Waals surface area contributed by atoms with Crippen LogP contribution in [0, 0.1) is 0 Å². The van der Waals surface area contributed by atoms with Crippen molar-refractivity contribution in [1.82, 2.24) is 3.97 Å². The lowest BCUT2D eigenvalue weighted by atomic mass is 10.1. The molecular weight excluding hydrogens is 158 g/mol. The van der Waals surface area contributed by atoms with Gasteiger partial charge in [0.05, 0.1) is 0 Å². The Morgan fingerprint density at radius 1 is 1.45 bits per heavy atom. The van der Waals surface area contributed by atoms with Crippen molar-refractivity contribution < 1.29 is 0 Å². The van der Waals surface area contributed by atoms with Crippen LogP contribution >= 0.6 is 12.8 Å². The first kappa shape index (κ1) is 8.40. The van der Waals surface area contributed by atoms with E-state index in [1.807, 2.05) is 6.07 Å². The quantitative estimate of drug-likeness (QED) is 0.635. The summed E-state index contributed by atoms with van der Waals surface area (Å²) in [4.78, 5) is 10.9. The predicted octanol–water partition coefficient (Wildman–Crippen LogP) is 1.66. The van der Waals surface area contributed by atoms with Gasteiger partial charge in [0.1, 0.15) is 0 Å². The zero-order valence-electron chi connectivity index (χ0n) is 6.61. The molecule has 0 amide bonds. The number of nitrogens with zero attached hydrogens (tertiary/aromatic N) is 1. The van der Waals surface area contributed by atoms with Gasteiger partial charge in [-0.1, -0.05) is 32.7 Å². The van der Waals surface area contributed by atoms with E-state index in [1.54, 1.807) is 6.20 Å². The average Bonchev–Trinajstić information content (AvgIpc) is 1.94. The minimum atomic E-state index is -0.0854. The molecule has 0 N–H and O–H groups in total. The highest BCUT2D eigenvalue weighted by Crippen LogP contribution is 2.11. The minimum Gasteiger partial charge on any atom is -0.268 e. The molecule has 0 saturated carbocycles. The Morgan fingerprint density at radius 2 is 2.09 bits per heavy atom. The van der Waals surface area contributed by atoms with E-state index < -0.39 is 0 Å². The van der Waals surface area contributed by atoms with Gasteiger partial charge in [-0.15, -0.1) is 0 Å². The molecule has 3 heteroatoms. The number of rotatable bonds is 1. The molecule has 1 aromatic rings. The standard InChI is InChI=1S/C8H11NOS/c1-6(2)7-3-4-8(10)9(11)5-7/h3-6,11H,1-2H3. The fourth-order valence-corrected chi connectivity index (χ4v) is 1.03. The van der Waals surface area contributed by atoms with Crippen molar-refractivity contribution >= 4 is 12.8 Å². The highest BCUT2D eigenvalue weighted by atomic mass is 32.1. The molecule has 60 valence electrons. The molecule has 1 heterocycles. The third kappa shape index (κ3) is 1.87. The third-order valence-electron chi connectivity index (χ3n) is 1.58. The van der Waals surface area contributed by atoms with E-state index in [0.717, 1.165) is 5.56 Å². The lowest BCUT2D eigenvalue weighted by Gasteiger charge is -2.04. The van der Waals surface area contributed by atoms with Crippen LogP contribution in [0.1, 0.15) is 25.3 Å². The Hall–Kier alpha value is -0.700. The summed E-state index contributed by atoms with van der Waals surface area (Å²) in [6.45, 7) is 4.15. The molecule has 2 nitrogen and oxygen atoms in total. The second kappa shape index (κ2) is 3.13. The largest absolute Gasteiger partial charge is 0.268 e. The van der Waals surface area contributed by atoms with E-state index in [1.165, 1.54) is 10.0 Å². The maximum absolute atomic E-state index is 10.9. The van der Waals surface area contributed by atoms with Crippen molar-refractivity contribution in [2.45, 2.75) is 19.8 Å². The molecular formula is C8H11NOS. The zero-order valence-corrected chi connectivity index (χ0v) is 7.51. The summed E-state index contributed by atoms with van der Waals surface area (Å²) < 4.78 is 1.30. The summed E-state index contributed by atoms with van der Waals surface area (Å²) in [5.41, 5.74) is 1.04. The van der Waals surface area contributed by atoms with Crippen molar-refractivity contribution in [2.75, 3.05) is 0 Å². The lowest BCUT2D eigenvalue weighted by molar-refractivity contribution is 0.851. The summed E-state index contributed by atoms with van der Waals surface area (Å²) in [6, 6.07) is 3.36. The molecule has 0 atom stereocenters. The Labute approximate surface area is 71.4 Å². The number of aromatic nitrogens is 1. The summed E-state index contributed by atoms with van der Waals surface area (Å²) in [6.07, 6.45) is 1.75. The maximum atomic E-state index is 10.9. The van der Waals surface area contributed by atoms with E-state index in [0.29, 0.717) is 5.92 Å². The Kier molecular flexibility index (Phi) is 2.39. The van der Waals surface area contributed by atoms with Crippen molar-refractivity contribution in [3.05, 3.63) is 34.2 Å². The molecule has 0 radical (unpaired) electrons. The van der Waals surface area contributed by atoms with Crippen molar-refractivity contribution in [3.8, 4) is 0 Å². The van der Waals surface area contributed by atoms with Gasteiger partial charge in [0.2, 0.25) is 0 Å². The Bertz CT molecular complexity index is 303. The molecule has 1 rings (SSSR count). The second-order valence-electron chi connectivity index (χ2n) is 2.80. The van der Waals surface area contributed by atoms with Crippen LogP contribution in [0.5, 0.6) is 0 Å². The summed E-state index contributed by atoms with van der Waals surface area (Å²) in [5, 5.41) is 0. The van der Waals surface area contributed by atoms with Gasteiger partial charge in [-0.3, -0.25) is 8.77 Å². The van der Waals surface area contributed by atoms with Gasteiger partial charge >= 0.3 is 0 Å². The molecule has 0 unspecified atom stereocenters. The number of hydrogen-bond donors (Lipinski definition) is 1. The van der Waals surface area contributed by atoms with Crippen LogP contribution < -0.4 is 5.56 Å². The third-order valence-corrected chi connectivity index (χ3v) is 1.89. The fraction of sp³-hybridized carbons (Fsp3) is 0.375. The van der Waals surface area contributed by atoms with Crippen LogP contribution in [0.15, 0.2) is 23.1 Å². The maximum Gasteiger partial charge on any atom is 0.260 e. The van der Waals surface area contributed by atoms with Gasteiger partial charge < -0.3 is 0 Å². The van der Waals surface area contributed by atoms with Gasteiger partial charge in [0.25, 0.3) is 5.56 Å². The van der Waals surface area contributed by atoms with E-state index in [-0.39, 0.29) is 5.56 Å². The van der Waals surface area contributed by atoms with Crippen molar-refractivity contribution in [2.24, 2.45) is 0 Å². The van der Waals surface area contributed by atoms with Gasteiger partial charge in [0.15, 0.2) is 0 Å². The van der Waals surface area contributed by atoms with Crippen molar-refractivity contribution in [1.29, 1.82) is 0 Å². The second-order valence-corrected chi connectivity index (χ2v) is 3.23. The zero-order chi connectivity index (χ0) is 8.43. The van der Waals surface area contributed by atoms with Crippen LogP contribution in [-0.2, 0) is 0 Å². The van der Waals surface area contributed by atoms with E-state index in [9.17, 15) is 4.79 Å². The monoisotopic (exact) mass is 169 g/mol. The molecule has 0 aliphatic rings. The summed E-state index contributed by atoms with van der Waals surface area (Å²) in [5.74, 6) is 0.439. The Morgan fingerprint density at radius 3 is 2.55 bits per heavy atom. The first-order valence-corrected chi connectivity index (χ1v) is 3.93. The molecule has 0 aromatic carbocycles. The molecule has 0 saturated heterocycles. The summed E-state index contributed by atoms with van der Waals surface area (Å²) >= 11 is 3.97. The summed E-state index contributed by atoms with van der Waals surface area (Å²) in [7, 11) is 0. The fourth-order valence-electron chi connectivity index (χ4n) is 0.833. The first-order valence-electron chi connectivity index (χ1n) is 3.53. The van der Waals surface area contributed by atoms with Crippen LogP contribution in [0.2, 0.25) is 0 Å². The number of hydrogen-bond acceptors (Lipinski definition) is 2. The van der Waals surface area contributed by atoms with Crippen LogP contribution in [0.25, 0.3) is 0 Å². The topological polar surface area (TPSA) is 22.0 Å². The SMILES string of the molecule is CC(C)c1ccc(=O)n(S)c1. The van der Waals surface area contributed by atoms with E-state index in [4.69, 9.17) is 0 Å². The lowest BCUT2D eigenvalue weighted by Crippen LogP contribution is -2.11. The van der Waals surface area contributed by atoms with Gasteiger partial charge in [-0.2, -0.15) is 0 Å². The first-order chi connectivity index (χ1) is 5.11. The number of thiol groups is 1. The van der Waals surface area contributed by atoms with E-state index >= 15 is 0 Å². The van der Waals surface area contributed by atoms with E-state index in [2.05, 4.69) is 26.7 Å². The van der Waals surface area contributed by atoms with Crippen LogP contribution in [-0.4, -0.2) is 3.97 Å². The molecule has 0 aliphatic heterocycles. The Balaban J connectivity index is 3.15. The smallest absolute Gasteiger partial charge is 0.260 e. The van der Waals surface area contributed by atoms with Crippen LogP contribution in [0.3, 0.4) is 0 Å².